The molecule has 1 aromatic carbocycles. The number of nitrogens with zero attached hydrogens (tertiary/aromatic N) is 2. The summed E-state index contributed by atoms with van der Waals surface area (Å²) in [5.74, 6) is 3.21. The SMILES string of the molecule is C#CCCCCCCCCCOc1ccc(C2(C(F)(F)F)N=N2)cc1. The fraction of sp³-hybridized carbons (Fsp3) is 0.579. The third-order valence-electron chi connectivity index (χ3n) is 4.19. The Morgan fingerprint density at radius 2 is 1.48 bits per heavy atom. The molecule has 1 aliphatic heterocycles. The Labute approximate surface area is 146 Å². The molecule has 6 heteroatoms. The molecule has 1 heterocycles. The minimum absolute atomic E-state index is 0.0252. The molecule has 0 radical (unpaired) electrons. The molecule has 1 aromatic rings. The van der Waals surface area contributed by atoms with Crippen molar-refractivity contribution in [2.24, 2.45) is 10.2 Å². The molecule has 2 rings (SSSR count). The van der Waals surface area contributed by atoms with Crippen molar-refractivity contribution in [3.05, 3.63) is 29.8 Å². The Hall–Kier alpha value is -2.03. The van der Waals surface area contributed by atoms with Gasteiger partial charge in [-0.2, -0.15) is 13.2 Å². The highest BCUT2D eigenvalue weighted by Gasteiger charge is 2.65. The Balaban J connectivity index is 1.59. The minimum Gasteiger partial charge on any atom is -0.494 e. The van der Waals surface area contributed by atoms with Crippen LogP contribution in [0.2, 0.25) is 0 Å². The molecule has 0 N–H and O–H groups in total. The van der Waals surface area contributed by atoms with Gasteiger partial charge in [0.05, 0.1) is 6.61 Å². The molecule has 0 bridgehead atoms. The van der Waals surface area contributed by atoms with Gasteiger partial charge < -0.3 is 4.74 Å². The molecule has 0 unspecified atom stereocenters. The maximum Gasteiger partial charge on any atom is 0.442 e. The first kappa shape index (κ1) is 19.3. The number of rotatable bonds is 11. The second kappa shape index (κ2) is 8.89. The highest BCUT2D eigenvalue weighted by atomic mass is 19.4. The van der Waals surface area contributed by atoms with Gasteiger partial charge in [0.25, 0.3) is 0 Å². The van der Waals surface area contributed by atoms with E-state index in [2.05, 4.69) is 16.1 Å². The Morgan fingerprint density at radius 1 is 0.920 bits per heavy atom. The van der Waals surface area contributed by atoms with E-state index < -0.39 is 11.8 Å². The van der Waals surface area contributed by atoms with Crippen LogP contribution in [-0.4, -0.2) is 12.8 Å². The summed E-state index contributed by atoms with van der Waals surface area (Å²) in [6.07, 6.45) is 9.45. The molecule has 3 nitrogen and oxygen atoms in total. The fourth-order valence-electron chi connectivity index (χ4n) is 2.63. The largest absolute Gasteiger partial charge is 0.494 e. The second-order valence-corrected chi connectivity index (χ2v) is 6.17. The number of alkyl halides is 3. The maximum absolute atomic E-state index is 12.9. The van der Waals surface area contributed by atoms with Crippen molar-refractivity contribution in [1.29, 1.82) is 0 Å². The molecule has 1 aliphatic rings. The van der Waals surface area contributed by atoms with Crippen molar-refractivity contribution in [3.8, 4) is 18.1 Å². The van der Waals surface area contributed by atoms with Gasteiger partial charge in [0.2, 0.25) is 0 Å². The Bertz CT molecular complexity index is 597. The summed E-state index contributed by atoms with van der Waals surface area (Å²) in [7, 11) is 0. The quantitative estimate of drug-likeness (QED) is 0.355. The van der Waals surface area contributed by atoms with E-state index in [1.54, 1.807) is 0 Å². The lowest BCUT2D eigenvalue weighted by Gasteiger charge is -2.15. The van der Waals surface area contributed by atoms with Crippen LogP contribution < -0.4 is 4.74 Å². The zero-order valence-electron chi connectivity index (χ0n) is 14.2. The number of ether oxygens (including phenoxy) is 1. The monoisotopic (exact) mass is 352 g/mol. The van der Waals surface area contributed by atoms with Gasteiger partial charge in [-0.05, 0) is 25.0 Å². The topological polar surface area (TPSA) is 34.0 Å². The lowest BCUT2D eigenvalue weighted by Crippen LogP contribution is -2.29. The van der Waals surface area contributed by atoms with Gasteiger partial charge in [-0.25, -0.2) is 0 Å². The summed E-state index contributed by atoms with van der Waals surface area (Å²) in [4.78, 5) is 0. The van der Waals surface area contributed by atoms with Gasteiger partial charge >= 0.3 is 11.8 Å². The number of unbranched alkanes of at least 4 members (excludes halogenated alkanes) is 7. The molecular formula is C19H23F3N2O. The predicted octanol–water partition coefficient (Wildman–Crippen LogP) is 6.00. The zero-order valence-corrected chi connectivity index (χ0v) is 14.2. The van der Waals surface area contributed by atoms with Crippen molar-refractivity contribution in [2.45, 2.75) is 63.2 Å². The summed E-state index contributed by atoms with van der Waals surface area (Å²) in [5, 5.41) is 6.36. The average Bonchev–Trinajstić information content (AvgIpc) is 3.39. The Morgan fingerprint density at radius 3 is 2.00 bits per heavy atom. The van der Waals surface area contributed by atoms with Crippen LogP contribution in [0.5, 0.6) is 5.75 Å². The minimum atomic E-state index is -4.49. The van der Waals surface area contributed by atoms with Crippen molar-refractivity contribution < 1.29 is 17.9 Å². The van der Waals surface area contributed by atoms with E-state index in [9.17, 15) is 13.2 Å². The number of hydrogen-bond acceptors (Lipinski definition) is 3. The summed E-state index contributed by atoms with van der Waals surface area (Å²) in [6, 6.07) is 5.83. The van der Waals surface area contributed by atoms with Crippen LogP contribution in [0.3, 0.4) is 0 Å². The first-order valence-electron chi connectivity index (χ1n) is 8.67. The Kier molecular flexibility index (Phi) is 6.86. The standard InChI is InChI=1S/C19H23F3N2O/c1-2-3-4-5-6-7-8-9-10-15-25-17-13-11-16(12-14-17)18(23-24-18)19(20,21)22/h1,11-14H,3-10,15H2. The third kappa shape index (κ3) is 5.48. The van der Waals surface area contributed by atoms with E-state index in [-0.39, 0.29) is 5.56 Å². The molecule has 0 saturated heterocycles. The summed E-state index contributed by atoms with van der Waals surface area (Å²) in [5.41, 5.74) is -2.33. The van der Waals surface area contributed by atoms with Crippen LogP contribution in [0.15, 0.2) is 34.5 Å². The average molecular weight is 352 g/mol. The van der Waals surface area contributed by atoms with Gasteiger partial charge in [-0.1, -0.05) is 44.2 Å². The summed E-state index contributed by atoms with van der Waals surface area (Å²) in [6.45, 7) is 0.565. The molecule has 0 aromatic heterocycles. The lowest BCUT2D eigenvalue weighted by molar-refractivity contribution is -0.166. The van der Waals surface area contributed by atoms with Crippen LogP contribution in [0.4, 0.5) is 13.2 Å². The fourth-order valence-corrected chi connectivity index (χ4v) is 2.63. The number of terminal acetylenes is 1. The van der Waals surface area contributed by atoms with Crippen LogP contribution in [0.1, 0.15) is 56.9 Å². The van der Waals surface area contributed by atoms with Gasteiger partial charge in [0.1, 0.15) is 5.75 Å². The van der Waals surface area contributed by atoms with Crippen molar-refractivity contribution >= 4 is 0 Å². The van der Waals surface area contributed by atoms with Crippen LogP contribution >= 0.6 is 0 Å². The van der Waals surface area contributed by atoms with Crippen molar-refractivity contribution in [1.82, 2.24) is 0 Å². The lowest BCUT2D eigenvalue weighted by atomic mass is 10.0. The highest BCUT2D eigenvalue weighted by molar-refractivity contribution is 5.35. The van der Waals surface area contributed by atoms with Crippen LogP contribution in [-0.2, 0) is 5.66 Å². The number of benzene rings is 1. The van der Waals surface area contributed by atoms with E-state index in [0.29, 0.717) is 12.4 Å². The molecule has 0 atom stereocenters. The molecule has 25 heavy (non-hydrogen) atoms. The molecule has 0 spiro atoms. The van der Waals surface area contributed by atoms with Gasteiger partial charge in [0.15, 0.2) is 0 Å². The van der Waals surface area contributed by atoms with Gasteiger partial charge in [0, 0.05) is 12.0 Å². The van der Waals surface area contributed by atoms with Crippen LogP contribution in [0, 0.1) is 12.3 Å². The zero-order chi connectivity index (χ0) is 18.2. The molecule has 0 fully saturated rings. The highest BCUT2D eigenvalue weighted by Crippen LogP contribution is 2.52. The van der Waals surface area contributed by atoms with E-state index in [0.717, 1.165) is 32.1 Å². The molecule has 136 valence electrons. The predicted molar refractivity (Wildman–Crippen MR) is 90.3 cm³/mol. The van der Waals surface area contributed by atoms with E-state index in [4.69, 9.17) is 11.2 Å². The van der Waals surface area contributed by atoms with E-state index in [1.165, 1.54) is 43.5 Å². The summed E-state index contributed by atoms with van der Waals surface area (Å²) >= 11 is 0. The molecule has 0 aliphatic carbocycles. The third-order valence-corrected chi connectivity index (χ3v) is 4.19. The smallest absolute Gasteiger partial charge is 0.442 e. The first-order valence-corrected chi connectivity index (χ1v) is 8.67. The number of halogens is 3. The van der Waals surface area contributed by atoms with Crippen molar-refractivity contribution in [3.63, 3.8) is 0 Å². The molecule has 0 saturated carbocycles. The van der Waals surface area contributed by atoms with E-state index in [1.807, 2.05) is 0 Å². The van der Waals surface area contributed by atoms with E-state index >= 15 is 0 Å². The maximum atomic E-state index is 12.9. The van der Waals surface area contributed by atoms with Crippen molar-refractivity contribution in [2.75, 3.05) is 6.61 Å². The number of hydrogen-bond donors (Lipinski definition) is 0. The second-order valence-electron chi connectivity index (χ2n) is 6.17. The first-order chi connectivity index (χ1) is 12.0. The summed E-state index contributed by atoms with van der Waals surface area (Å²) < 4.78 is 44.3. The van der Waals surface area contributed by atoms with Crippen LogP contribution in [0.25, 0.3) is 0 Å². The normalized spacial score (nSPS) is 15.0. The molecule has 0 amide bonds. The van der Waals surface area contributed by atoms with Gasteiger partial charge in [-0.3, -0.25) is 0 Å². The van der Waals surface area contributed by atoms with Gasteiger partial charge in [-0.15, -0.1) is 22.6 Å². The molecular weight excluding hydrogens is 329 g/mol.